The highest BCUT2D eigenvalue weighted by molar-refractivity contribution is 5.76. The Hall–Kier alpha value is -1.92. The summed E-state index contributed by atoms with van der Waals surface area (Å²) in [5.41, 5.74) is 0. The van der Waals surface area contributed by atoms with Crippen LogP contribution in [-0.2, 0) is 14.3 Å². The van der Waals surface area contributed by atoms with Crippen LogP contribution < -0.4 is 5.32 Å². The molecule has 0 aliphatic carbocycles. The van der Waals surface area contributed by atoms with Crippen molar-refractivity contribution >= 4 is 11.9 Å². The van der Waals surface area contributed by atoms with Gasteiger partial charge in [0.1, 0.15) is 0 Å². The maximum absolute atomic E-state index is 12.4. The Kier molecular flexibility index (Phi) is 54.1. The van der Waals surface area contributed by atoms with Gasteiger partial charge in [0, 0.05) is 12.8 Å². The fourth-order valence-corrected chi connectivity index (χ4v) is 8.90. The minimum absolute atomic E-state index is 0.0110. The maximum atomic E-state index is 12.4. The molecule has 2 atom stereocenters. The predicted octanol–water partition coefficient (Wildman–Crippen LogP) is 18.0. The summed E-state index contributed by atoms with van der Waals surface area (Å²) in [4.78, 5) is 24.4. The molecule has 0 aromatic heterocycles. The Labute approximate surface area is 411 Å². The van der Waals surface area contributed by atoms with E-state index in [1.54, 1.807) is 6.08 Å². The standard InChI is InChI=1S/C60H113NO5/c1-3-5-7-9-11-13-33-38-42-46-50-54-60(65)66-55-51-47-43-39-35-32-30-28-26-24-22-20-18-16-14-15-17-19-21-23-25-27-29-31-34-37-41-45-49-53-59(64)61-57(56-62)58(63)52-48-44-40-36-12-10-8-6-4-2/h14,16,20,22,48,52,57-58,62-63H,3-13,15,17-19,21,23-47,49-51,53-56H2,1-2H3,(H,61,64)/b16-14-,22-20-,52-48+. The van der Waals surface area contributed by atoms with Gasteiger partial charge in [0.2, 0.25) is 5.91 Å². The molecule has 0 radical (unpaired) electrons. The minimum atomic E-state index is -0.842. The van der Waals surface area contributed by atoms with E-state index in [1.807, 2.05) is 6.08 Å². The third kappa shape index (κ3) is 51.5. The van der Waals surface area contributed by atoms with E-state index < -0.39 is 12.1 Å². The van der Waals surface area contributed by atoms with Crippen LogP contribution in [-0.4, -0.2) is 47.4 Å². The topological polar surface area (TPSA) is 95.9 Å². The molecule has 0 saturated carbocycles. The third-order valence-corrected chi connectivity index (χ3v) is 13.4. The van der Waals surface area contributed by atoms with Crippen LogP contribution in [0.1, 0.15) is 309 Å². The molecular weight excluding hydrogens is 815 g/mol. The van der Waals surface area contributed by atoms with E-state index in [2.05, 4.69) is 43.5 Å². The van der Waals surface area contributed by atoms with Gasteiger partial charge in [0.15, 0.2) is 0 Å². The second-order valence-electron chi connectivity index (χ2n) is 20.0. The number of allylic oxidation sites excluding steroid dienone is 5. The van der Waals surface area contributed by atoms with Crippen molar-refractivity contribution in [3.63, 3.8) is 0 Å². The van der Waals surface area contributed by atoms with Crippen LogP contribution in [0.15, 0.2) is 36.5 Å². The molecule has 0 bridgehead atoms. The Morgan fingerprint density at radius 2 is 0.758 bits per heavy atom. The molecule has 0 aromatic carbocycles. The highest BCUT2D eigenvalue weighted by Gasteiger charge is 2.18. The number of nitrogens with one attached hydrogen (secondary N) is 1. The zero-order valence-corrected chi connectivity index (χ0v) is 44.2. The lowest BCUT2D eigenvalue weighted by molar-refractivity contribution is -0.143. The van der Waals surface area contributed by atoms with Crippen LogP contribution in [0.25, 0.3) is 0 Å². The quantitative estimate of drug-likeness (QED) is 0.0321. The van der Waals surface area contributed by atoms with Crippen molar-refractivity contribution in [3.05, 3.63) is 36.5 Å². The summed E-state index contributed by atoms with van der Waals surface area (Å²) in [6.45, 7) is 4.87. The molecule has 66 heavy (non-hydrogen) atoms. The summed E-state index contributed by atoms with van der Waals surface area (Å²) in [5, 5.41) is 22.9. The normalized spacial score (nSPS) is 12.8. The van der Waals surface area contributed by atoms with E-state index in [4.69, 9.17) is 4.74 Å². The molecule has 1 amide bonds. The van der Waals surface area contributed by atoms with Crippen molar-refractivity contribution in [1.82, 2.24) is 5.32 Å². The van der Waals surface area contributed by atoms with E-state index in [0.29, 0.717) is 19.4 Å². The molecule has 0 aliphatic heterocycles. The fraction of sp³-hybridized carbons (Fsp3) is 0.867. The molecule has 0 saturated heterocycles. The number of carbonyl (C=O) groups is 2. The van der Waals surface area contributed by atoms with Crippen molar-refractivity contribution in [2.75, 3.05) is 13.2 Å². The second kappa shape index (κ2) is 55.7. The van der Waals surface area contributed by atoms with Gasteiger partial charge < -0.3 is 20.3 Å². The van der Waals surface area contributed by atoms with E-state index in [-0.39, 0.29) is 18.5 Å². The first-order valence-electron chi connectivity index (χ1n) is 29.3. The first-order chi connectivity index (χ1) is 32.5. The Morgan fingerprint density at radius 3 is 1.15 bits per heavy atom. The number of ether oxygens (including phenoxy) is 1. The largest absolute Gasteiger partial charge is 0.466 e. The van der Waals surface area contributed by atoms with Crippen molar-refractivity contribution in [2.45, 2.75) is 321 Å². The van der Waals surface area contributed by atoms with E-state index in [1.165, 1.54) is 238 Å². The second-order valence-corrected chi connectivity index (χ2v) is 20.0. The SMILES string of the molecule is CCCCCCCCC/C=C/C(O)C(CO)NC(=O)CCCCCCCCCCCCCCC/C=C\C/C=C\CCCCCCCCCCCOC(=O)CCCCCCCCCCCCC. The van der Waals surface area contributed by atoms with Gasteiger partial charge in [-0.05, 0) is 64.2 Å². The van der Waals surface area contributed by atoms with Crippen LogP contribution in [0.2, 0.25) is 0 Å². The zero-order chi connectivity index (χ0) is 47.9. The predicted molar refractivity (Wildman–Crippen MR) is 287 cm³/mol. The summed E-state index contributed by atoms with van der Waals surface area (Å²) >= 11 is 0. The number of hydrogen-bond acceptors (Lipinski definition) is 5. The van der Waals surface area contributed by atoms with Gasteiger partial charge in [0.25, 0.3) is 0 Å². The van der Waals surface area contributed by atoms with Crippen LogP contribution in [0.5, 0.6) is 0 Å². The molecule has 6 nitrogen and oxygen atoms in total. The van der Waals surface area contributed by atoms with Gasteiger partial charge in [0.05, 0.1) is 25.4 Å². The average Bonchev–Trinajstić information content (AvgIpc) is 3.32. The zero-order valence-electron chi connectivity index (χ0n) is 44.2. The molecule has 2 unspecified atom stereocenters. The molecule has 388 valence electrons. The summed E-state index contributed by atoms with van der Waals surface area (Å²) in [6.07, 6.45) is 69.1. The number of amides is 1. The lowest BCUT2D eigenvalue weighted by atomic mass is 10.0. The van der Waals surface area contributed by atoms with Gasteiger partial charge >= 0.3 is 5.97 Å². The fourth-order valence-electron chi connectivity index (χ4n) is 8.90. The van der Waals surface area contributed by atoms with E-state index >= 15 is 0 Å². The maximum Gasteiger partial charge on any atom is 0.305 e. The smallest absolute Gasteiger partial charge is 0.305 e. The van der Waals surface area contributed by atoms with Crippen molar-refractivity contribution in [1.29, 1.82) is 0 Å². The summed E-state index contributed by atoms with van der Waals surface area (Å²) in [5.74, 6) is -0.0606. The molecule has 6 heteroatoms. The van der Waals surface area contributed by atoms with Crippen molar-refractivity contribution in [2.24, 2.45) is 0 Å². The van der Waals surface area contributed by atoms with E-state index in [9.17, 15) is 19.8 Å². The van der Waals surface area contributed by atoms with Crippen molar-refractivity contribution < 1.29 is 24.5 Å². The number of esters is 1. The Bertz CT molecular complexity index is 1070. The van der Waals surface area contributed by atoms with Crippen LogP contribution in [0.3, 0.4) is 0 Å². The Morgan fingerprint density at radius 1 is 0.424 bits per heavy atom. The summed E-state index contributed by atoms with van der Waals surface area (Å²) < 4.78 is 5.46. The number of aliphatic hydroxyl groups excluding tert-OH is 2. The molecule has 0 heterocycles. The van der Waals surface area contributed by atoms with Gasteiger partial charge in [-0.15, -0.1) is 0 Å². The highest BCUT2D eigenvalue weighted by Crippen LogP contribution is 2.16. The first kappa shape index (κ1) is 64.1. The molecule has 0 fully saturated rings. The Balaban J connectivity index is 3.40. The molecule has 3 N–H and O–H groups in total. The van der Waals surface area contributed by atoms with Gasteiger partial charge in [-0.3, -0.25) is 9.59 Å². The van der Waals surface area contributed by atoms with Crippen LogP contribution in [0, 0.1) is 0 Å². The van der Waals surface area contributed by atoms with Gasteiger partial charge in [-0.25, -0.2) is 0 Å². The van der Waals surface area contributed by atoms with Crippen LogP contribution >= 0.6 is 0 Å². The molecular formula is C60H113NO5. The van der Waals surface area contributed by atoms with Crippen molar-refractivity contribution in [3.8, 4) is 0 Å². The molecule has 0 aromatic rings. The molecule has 0 aliphatic rings. The van der Waals surface area contributed by atoms with Crippen LogP contribution in [0.4, 0.5) is 0 Å². The highest BCUT2D eigenvalue weighted by atomic mass is 16.5. The van der Waals surface area contributed by atoms with Gasteiger partial charge in [-0.1, -0.05) is 269 Å². The van der Waals surface area contributed by atoms with Gasteiger partial charge in [-0.2, -0.15) is 0 Å². The minimum Gasteiger partial charge on any atom is -0.466 e. The number of unbranched alkanes of at least 4 members (excludes halogenated alkanes) is 39. The third-order valence-electron chi connectivity index (χ3n) is 13.4. The number of carbonyl (C=O) groups excluding carboxylic acids is 2. The average molecular weight is 929 g/mol. The summed E-state index contributed by atoms with van der Waals surface area (Å²) in [6, 6.07) is -0.626. The van der Waals surface area contributed by atoms with E-state index in [0.717, 1.165) is 44.9 Å². The number of aliphatic hydroxyl groups is 2. The summed E-state index contributed by atoms with van der Waals surface area (Å²) in [7, 11) is 0. The molecule has 0 spiro atoms. The number of rotatable bonds is 54. The lowest BCUT2D eigenvalue weighted by Gasteiger charge is -2.20. The first-order valence-corrected chi connectivity index (χ1v) is 29.3. The lowest BCUT2D eigenvalue weighted by Crippen LogP contribution is -2.45. The number of hydrogen-bond donors (Lipinski definition) is 3. The molecule has 0 rings (SSSR count). The monoisotopic (exact) mass is 928 g/mol.